The minimum absolute atomic E-state index is 0.0691. The molecule has 0 saturated heterocycles. The highest BCUT2D eigenvalue weighted by Gasteiger charge is 1.99. The third-order valence-electron chi connectivity index (χ3n) is 7.39. The van der Waals surface area contributed by atoms with Gasteiger partial charge in [-0.25, -0.2) is 0 Å². The van der Waals surface area contributed by atoms with Gasteiger partial charge in [-0.15, -0.1) is 0 Å². The van der Waals surface area contributed by atoms with E-state index in [2.05, 4.69) is 36.0 Å². The normalized spacial score (nSPS) is 11.7. The first-order chi connectivity index (χ1) is 18.8. The van der Waals surface area contributed by atoms with E-state index >= 15 is 0 Å². The van der Waals surface area contributed by atoms with Crippen molar-refractivity contribution in [1.29, 1.82) is 0 Å². The van der Waals surface area contributed by atoms with E-state index in [1.54, 1.807) is 0 Å². The van der Waals surface area contributed by atoms with Crippen molar-refractivity contribution < 1.29 is 14.3 Å². The molecule has 0 saturated carbocycles. The minimum atomic E-state index is -0.0691. The van der Waals surface area contributed by atoms with Gasteiger partial charge in [-0.3, -0.25) is 4.79 Å². The highest BCUT2D eigenvalue weighted by molar-refractivity contribution is 5.68. The molecule has 0 atom stereocenters. The molecule has 0 heterocycles. The fourth-order valence-electron chi connectivity index (χ4n) is 4.81. The van der Waals surface area contributed by atoms with Gasteiger partial charge in [0, 0.05) is 19.6 Å². The van der Waals surface area contributed by atoms with Gasteiger partial charge in [0.25, 0.3) is 0 Å². The van der Waals surface area contributed by atoms with E-state index in [1.807, 2.05) is 0 Å². The lowest BCUT2D eigenvalue weighted by atomic mass is 10.0. The summed E-state index contributed by atoms with van der Waals surface area (Å²) in [5.41, 5.74) is 0. The van der Waals surface area contributed by atoms with Crippen LogP contribution in [0.1, 0.15) is 174 Å². The zero-order chi connectivity index (χ0) is 27.6. The summed E-state index contributed by atoms with van der Waals surface area (Å²) in [6.07, 6.45) is 42.5. The van der Waals surface area contributed by atoms with Crippen LogP contribution in [0.25, 0.3) is 0 Å². The molecule has 0 fully saturated rings. The molecular weight excluding hydrogens is 468 g/mol. The Kier molecular flexibility index (Phi) is 33.0. The van der Waals surface area contributed by atoms with E-state index in [1.165, 1.54) is 148 Å². The minimum Gasteiger partial charge on any atom is -0.469 e. The van der Waals surface area contributed by atoms with Gasteiger partial charge in [-0.2, -0.15) is 0 Å². The molecule has 3 heteroatoms. The van der Waals surface area contributed by atoms with Crippen molar-refractivity contribution in [3.63, 3.8) is 0 Å². The highest BCUT2D eigenvalue weighted by atomic mass is 16.5. The second-order valence-electron chi connectivity index (χ2n) is 11.1. The summed E-state index contributed by atoms with van der Waals surface area (Å²) in [7, 11) is 1.47. The summed E-state index contributed by atoms with van der Waals surface area (Å²) in [5, 5.41) is 0. The summed E-state index contributed by atoms with van der Waals surface area (Å²) >= 11 is 0. The summed E-state index contributed by atoms with van der Waals surface area (Å²) in [6, 6.07) is 0. The van der Waals surface area contributed by atoms with Crippen molar-refractivity contribution >= 4 is 5.97 Å². The monoisotopic (exact) mass is 535 g/mol. The Morgan fingerprint density at radius 1 is 0.500 bits per heavy atom. The summed E-state index contributed by atoms with van der Waals surface area (Å²) < 4.78 is 10.5. The van der Waals surface area contributed by atoms with Gasteiger partial charge in [-0.1, -0.05) is 140 Å². The van der Waals surface area contributed by atoms with Gasteiger partial charge in [0.15, 0.2) is 0 Å². The molecule has 0 spiro atoms. The molecule has 0 aromatic rings. The summed E-state index contributed by atoms with van der Waals surface area (Å²) in [5.74, 6) is -0.0691. The first-order valence-electron chi connectivity index (χ1n) is 16.8. The van der Waals surface area contributed by atoms with Crippen molar-refractivity contribution in [2.24, 2.45) is 0 Å². The molecule has 0 aromatic carbocycles. The van der Waals surface area contributed by atoms with Crippen molar-refractivity contribution in [3.05, 3.63) is 24.3 Å². The van der Waals surface area contributed by atoms with E-state index in [0.29, 0.717) is 6.42 Å². The van der Waals surface area contributed by atoms with Gasteiger partial charge in [0.2, 0.25) is 0 Å². The fraction of sp³-hybridized carbons (Fsp3) is 0.857. The number of rotatable bonds is 31. The van der Waals surface area contributed by atoms with Crippen molar-refractivity contribution in [3.8, 4) is 0 Å². The predicted molar refractivity (Wildman–Crippen MR) is 167 cm³/mol. The fourth-order valence-corrected chi connectivity index (χ4v) is 4.81. The average molecular weight is 535 g/mol. The summed E-state index contributed by atoms with van der Waals surface area (Å²) in [6.45, 7) is 4.18. The van der Waals surface area contributed by atoms with Crippen LogP contribution in [0, 0.1) is 0 Å². The molecule has 0 radical (unpaired) electrons. The SMILES string of the molecule is CCCCC/C=C\C/C=C\CCCCCCCCOCCCCCCCCCCCCCCCC(=O)OC. The second kappa shape index (κ2) is 33.9. The Hall–Kier alpha value is -1.09. The van der Waals surface area contributed by atoms with E-state index in [9.17, 15) is 4.79 Å². The van der Waals surface area contributed by atoms with Crippen LogP contribution in [0.5, 0.6) is 0 Å². The lowest BCUT2D eigenvalue weighted by Crippen LogP contribution is -1.99. The molecule has 0 amide bonds. The maximum atomic E-state index is 11.0. The number of ether oxygens (including phenoxy) is 2. The van der Waals surface area contributed by atoms with E-state index < -0.39 is 0 Å². The Morgan fingerprint density at radius 3 is 1.34 bits per heavy atom. The van der Waals surface area contributed by atoms with Crippen LogP contribution in [-0.2, 0) is 14.3 Å². The van der Waals surface area contributed by atoms with Crippen LogP contribution in [0.2, 0.25) is 0 Å². The standard InChI is InChI=1S/C35H66O3/c1-3-4-5-6-7-8-9-10-11-12-15-18-21-24-27-30-33-38-34-31-28-25-22-19-16-13-14-17-20-23-26-29-32-35(36)37-2/h7-8,10-11H,3-6,9,12-34H2,1-2H3/b8-7-,11-10-. The Balaban J connectivity index is 3.10. The summed E-state index contributed by atoms with van der Waals surface area (Å²) in [4.78, 5) is 11.0. The molecule has 0 aromatic heterocycles. The van der Waals surface area contributed by atoms with Crippen LogP contribution >= 0.6 is 0 Å². The van der Waals surface area contributed by atoms with E-state index in [0.717, 1.165) is 32.5 Å². The quantitative estimate of drug-likeness (QED) is 0.0504. The van der Waals surface area contributed by atoms with Crippen LogP contribution in [0.4, 0.5) is 0 Å². The third-order valence-corrected chi connectivity index (χ3v) is 7.39. The largest absolute Gasteiger partial charge is 0.469 e. The molecule has 224 valence electrons. The number of hydrogen-bond donors (Lipinski definition) is 0. The molecule has 0 N–H and O–H groups in total. The second-order valence-corrected chi connectivity index (χ2v) is 11.1. The average Bonchev–Trinajstić information content (AvgIpc) is 2.93. The van der Waals surface area contributed by atoms with E-state index in [-0.39, 0.29) is 5.97 Å². The van der Waals surface area contributed by atoms with Gasteiger partial charge < -0.3 is 9.47 Å². The van der Waals surface area contributed by atoms with Gasteiger partial charge in [0.1, 0.15) is 0 Å². The molecule has 0 rings (SSSR count). The first kappa shape index (κ1) is 36.9. The van der Waals surface area contributed by atoms with E-state index in [4.69, 9.17) is 4.74 Å². The first-order valence-corrected chi connectivity index (χ1v) is 16.8. The third kappa shape index (κ3) is 32.9. The number of unbranched alkanes of at least 4 members (excludes halogenated alkanes) is 21. The number of esters is 1. The van der Waals surface area contributed by atoms with Crippen molar-refractivity contribution in [2.75, 3.05) is 20.3 Å². The van der Waals surface area contributed by atoms with Crippen LogP contribution in [0.3, 0.4) is 0 Å². The Morgan fingerprint density at radius 2 is 0.895 bits per heavy atom. The maximum Gasteiger partial charge on any atom is 0.305 e. The predicted octanol–water partition coefficient (Wildman–Crippen LogP) is 11.5. The molecule has 38 heavy (non-hydrogen) atoms. The van der Waals surface area contributed by atoms with Crippen molar-refractivity contribution in [1.82, 2.24) is 0 Å². The smallest absolute Gasteiger partial charge is 0.305 e. The molecule has 0 bridgehead atoms. The highest BCUT2D eigenvalue weighted by Crippen LogP contribution is 2.13. The van der Waals surface area contributed by atoms with Crippen LogP contribution < -0.4 is 0 Å². The Labute approximate surface area is 238 Å². The molecule has 0 aliphatic heterocycles. The van der Waals surface area contributed by atoms with Gasteiger partial charge in [0.05, 0.1) is 7.11 Å². The van der Waals surface area contributed by atoms with Gasteiger partial charge in [-0.05, 0) is 51.4 Å². The molecule has 0 aliphatic rings. The topological polar surface area (TPSA) is 35.5 Å². The maximum absolute atomic E-state index is 11.0. The zero-order valence-electron chi connectivity index (χ0n) is 25.8. The Bertz CT molecular complexity index is 511. The molecule has 0 unspecified atom stereocenters. The van der Waals surface area contributed by atoms with Gasteiger partial charge >= 0.3 is 5.97 Å². The number of carbonyl (C=O) groups is 1. The van der Waals surface area contributed by atoms with Crippen LogP contribution in [-0.4, -0.2) is 26.3 Å². The zero-order valence-corrected chi connectivity index (χ0v) is 25.8. The molecule has 3 nitrogen and oxygen atoms in total. The number of methoxy groups -OCH3 is 1. The lowest BCUT2D eigenvalue weighted by molar-refractivity contribution is -0.140. The molecular formula is C35H66O3. The van der Waals surface area contributed by atoms with Crippen LogP contribution in [0.15, 0.2) is 24.3 Å². The number of carbonyl (C=O) groups excluding carboxylic acids is 1. The number of hydrogen-bond acceptors (Lipinski definition) is 3. The lowest BCUT2D eigenvalue weighted by Gasteiger charge is -2.05. The molecule has 0 aliphatic carbocycles. The van der Waals surface area contributed by atoms with Crippen molar-refractivity contribution in [2.45, 2.75) is 174 Å². The number of allylic oxidation sites excluding steroid dienone is 4.